The predicted molar refractivity (Wildman–Crippen MR) is 173 cm³/mol. The lowest BCUT2D eigenvalue weighted by atomic mass is 10.1. The van der Waals surface area contributed by atoms with E-state index in [1.165, 1.54) is 58.4 Å². The number of likely N-dealkylation sites (tertiary alicyclic amines) is 1. The van der Waals surface area contributed by atoms with Crippen LogP contribution in [-0.4, -0.2) is 66.3 Å². The second-order valence-corrected chi connectivity index (χ2v) is 10.7. The predicted octanol–water partition coefficient (Wildman–Crippen LogP) is 3.78. The van der Waals surface area contributed by atoms with Crippen LogP contribution < -0.4 is 16.0 Å². The SMILES string of the molecule is CC(C)O.COc1ccc(F)cc1CCn1c(=O)n(CC(=O)N2CCCC2)c(=O)c2c(C)c(-n3nccn3)sc21.SI. The van der Waals surface area contributed by atoms with Crippen molar-refractivity contribution >= 4 is 58.5 Å². The fourth-order valence-corrected chi connectivity index (χ4v) is 5.84. The molecule has 0 atom stereocenters. The maximum absolute atomic E-state index is 13.9. The highest BCUT2D eigenvalue weighted by Crippen LogP contribution is 2.30. The maximum Gasteiger partial charge on any atom is 0.332 e. The van der Waals surface area contributed by atoms with E-state index >= 15 is 0 Å². The number of nitrogens with zero attached hydrogens (tertiary/aromatic N) is 6. The second-order valence-electron chi connectivity index (χ2n) is 9.74. The third-order valence-corrected chi connectivity index (χ3v) is 7.75. The molecule has 0 bridgehead atoms. The number of rotatable bonds is 7. The van der Waals surface area contributed by atoms with Gasteiger partial charge >= 0.3 is 5.69 Å². The molecule has 1 fully saturated rings. The molecule has 42 heavy (non-hydrogen) atoms. The molecule has 11 nitrogen and oxygen atoms in total. The molecule has 0 radical (unpaired) electrons. The topological polar surface area (TPSA) is 124 Å². The minimum atomic E-state index is -0.586. The van der Waals surface area contributed by atoms with Crippen LogP contribution in [0.3, 0.4) is 0 Å². The first-order valence-electron chi connectivity index (χ1n) is 13.2. The van der Waals surface area contributed by atoms with Gasteiger partial charge in [-0.1, -0.05) is 11.3 Å². The van der Waals surface area contributed by atoms with E-state index in [1.54, 1.807) is 25.7 Å². The Kier molecular flexibility index (Phi) is 12.6. The van der Waals surface area contributed by atoms with Crippen molar-refractivity contribution in [2.45, 2.75) is 59.2 Å². The van der Waals surface area contributed by atoms with Gasteiger partial charge in [0.25, 0.3) is 5.56 Å². The zero-order valence-corrected chi connectivity index (χ0v) is 27.7. The number of aliphatic hydroxyl groups excluding tert-OH is 1. The van der Waals surface area contributed by atoms with Crippen LogP contribution in [0, 0.1) is 12.7 Å². The fraction of sp³-hybridized carbons (Fsp3) is 0.444. The van der Waals surface area contributed by atoms with Crippen LogP contribution in [0.2, 0.25) is 0 Å². The van der Waals surface area contributed by atoms with Gasteiger partial charge in [-0.2, -0.15) is 10.2 Å². The molecule has 3 aromatic heterocycles. The van der Waals surface area contributed by atoms with E-state index in [2.05, 4.69) is 20.0 Å². The van der Waals surface area contributed by atoms with Crippen molar-refractivity contribution in [3.8, 4) is 10.8 Å². The molecular weight excluding hydrogens is 698 g/mol. The number of hydrogen-bond donors (Lipinski definition) is 2. The van der Waals surface area contributed by atoms with Crippen LogP contribution >= 0.6 is 42.3 Å². The van der Waals surface area contributed by atoms with Gasteiger partial charge < -0.3 is 14.7 Å². The summed E-state index contributed by atoms with van der Waals surface area (Å²) in [6, 6.07) is 4.21. The Balaban J connectivity index is 0.000000745. The van der Waals surface area contributed by atoms with E-state index in [1.807, 2.05) is 21.2 Å². The zero-order valence-electron chi connectivity index (χ0n) is 23.8. The molecule has 0 aliphatic carbocycles. The normalized spacial score (nSPS) is 12.6. The number of halogens is 2. The number of aliphatic hydroxyl groups is 1. The molecular formula is C27H34FIN6O5S2. The Bertz CT molecular complexity index is 1610. The van der Waals surface area contributed by atoms with Gasteiger partial charge in [-0.25, -0.2) is 9.18 Å². The highest BCUT2D eigenvalue weighted by Gasteiger charge is 2.25. The Morgan fingerprint density at radius 1 is 1.17 bits per heavy atom. The molecule has 1 aliphatic heterocycles. The molecule has 1 N–H and O–H groups in total. The van der Waals surface area contributed by atoms with E-state index < -0.39 is 17.1 Å². The molecule has 1 aromatic carbocycles. The van der Waals surface area contributed by atoms with Crippen molar-refractivity contribution in [3.63, 3.8) is 0 Å². The summed E-state index contributed by atoms with van der Waals surface area (Å²) >= 11 is 3.07. The van der Waals surface area contributed by atoms with Crippen molar-refractivity contribution in [2.24, 2.45) is 0 Å². The molecule has 1 aliphatic rings. The summed E-state index contributed by atoms with van der Waals surface area (Å²) in [5.74, 6) is -0.170. The number of fused-ring (bicyclic) bond motifs is 1. The molecule has 5 rings (SSSR count). The summed E-state index contributed by atoms with van der Waals surface area (Å²) < 4.78 is 21.8. The number of amides is 1. The van der Waals surface area contributed by atoms with Crippen LogP contribution in [0.25, 0.3) is 15.2 Å². The van der Waals surface area contributed by atoms with Gasteiger partial charge in [0.1, 0.15) is 27.9 Å². The van der Waals surface area contributed by atoms with Gasteiger partial charge in [0, 0.05) is 31.3 Å². The number of thiophene rings is 1. The molecule has 1 amide bonds. The fourth-order valence-electron chi connectivity index (χ4n) is 4.61. The van der Waals surface area contributed by atoms with Crippen molar-refractivity contribution in [1.29, 1.82) is 0 Å². The molecule has 228 valence electrons. The summed E-state index contributed by atoms with van der Waals surface area (Å²) in [6.07, 6.45) is 4.98. The summed E-state index contributed by atoms with van der Waals surface area (Å²) in [5, 5.41) is 17.3. The standard InChI is InChI=1S/C24H25FN6O4S.C3H8O.HIS/c1-15-20-21(33)30(14-19(32)28-10-3-4-11-28)24(34)29(23(20)36-22(15)31-26-8-9-27-31)12-7-16-13-17(25)5-6-18(16)35-2;1-3(2)4;1-2/h5-6,8-9,13H,3-4,7,10-12,14H2,1-2H3;3-4H,1-2H3;2H. The average Bonchev–Trinajstić information content (AvgIpc) is 3.74. The van der Waals surface area contributed by atoms with Gasteiger partial charge in [-0.15, -0.1) is 14.6 Å². The smallest absolute Gasteiger partial charge is 0.332 e. The Hall–Kier alpha value is -2.76. The number of thiol groups is 1. The number of hydrogen-bond acceptors (Lipinski definition) is 9. The number of aromatic nitrogens is 5. The molecule has 4 aromatic rings. The first-order valence-corrected chi connectivity index (χ1v) is 17.3. The third kappa shape index (κ3) is 7.79. The van der Waals surface area contributed by atoms with Gasteiger partial charge in [-0.05, 0) is 85.0 Å². The van der Waals surface area contributed by atoms with E-state index in [4.69, 9.17) is 9.84 Å². The zero-order chi connectivity index (χ0) is 31.0. The van der Waals surface area contributed by atoms with Crippen molar-refractivity contribution in [3.05, 3.63) is 68.4 Å². The van der Waals surface area contributed by atoms with E-state index in [9.17, 15) is 18.8 Å². The highest BCUT2D eigenvalue weighted by molar-refractivity contribution is 14.2. The average molecular weight is 733 g/mol. The molecule has 0 saturated carbocycles. The van der Waals surface area contributed by atoms with Crippen LogP contribution in [0.5, 0.6) is 5.75 Å². The summed E-state index contributed by atoms with van der Waals surface area (Å²) in [5.41, 5.74) is 0.104. The Morgan fingerprint density at radius 2 is 1.79 bits per heavy atom. The molecule has 4 heterocycles. The number of carbonyl (C=O) groups is 1. The monoisotopic (exact) mass is 732 g/mol. The third-order valence-electron chi connectivity index (χ3n) is 6.47. The number of carbonyl (C=O) groups excluding carboxylic acids is 1. The summed E-state index contributed by atoms with van der Waals surface area (Å²) in [7, 11) is 5.00. The lowest BCUT2D eigenvalue weighted by molar-refractivity contribution is -0.130. The molecule has 15 heteroatoms. The first-order chi connectivity index (χ1) is 20.1. The molecule has 1 saturated heterocycles. The minimum absolute atomic E-state index is 0.152. The van der Waals surface area contributed by atoms with Gasteiger partial charge in [0.05, 0.1) is 24.9 Å². The van der Waals surface area contributed by atoms with Gasteiger partial charge in [0.15, 0.2) is 0 Å². The highest BCUT2D eigenvalue weighted by atomic mass is 127. The van der Waals surface area contributed by atoms with Crippen molar-refractivity contribution in [1.82, 2.24) is 29.0 Å². The van der Waals surface area contributed by atoms with Gasteiger partial charge in [0.2, 0.25) is 5.91 Å². The summed E-state index contributed by atoms with van der Waals surface area (Å²) in [4.78, 5) is 43.6. The van der Waals surface area contributed by atoms with Crippen LogP contribution in [-0.2, 0) is 24.3 Å². The minimum Gasteiger partial charge on any atom is -0.496 e. The van der Waals surface area contributed by atoms with E-state index in [0.717, 1.165) is 17.4 Å². The number of aryl methyl sites for hydroxylation is 3. The van der Waals surface area contributed by atoms with Crippen molar-refractivity contribution < 1.29 is 19.0 Å². The quantitative estimate of drug-likeness (QED) is 0.219. The van der Waals surface area contributed by atoms with Gasteiger partial charge in [-0.3, -0.25) is 18.7 Å². The second kappa shape index (κ2) is 15.6. The number of methoxy groups -OCH3 is 1. The lowest BCUT2D eigenvalue weighted by Crippen LogP contribution is -2.44. The Labute approximate surface area is 263 Å². The molecule has 0 spiro atoms. The van der Waals surface area contributed by atoms with Crippen LogP contribution in [0.1, 0.15) is 37.8 Å². The number of ether oxygens (including phenoxy) is 1. The number of benzene rings is 1. The van der Waals surface area contributed by atoms with E-state index in [0.29, 0.717) is 45.2 Å². The van der Waals surface area contributed by atoms with E-state index in [-0.39, 0.29) is 31.5 Å². The molecule has 0 unspecified atom stereocenters. The lowest BCUT2D eigenvalue weighted by Gasteiger charge is -2.17. The largest absolute Gasteiger partial charge is 0.496 e. The summed E-state index contributed by atoms with van der Waals surface area (Å²) in [6.45, 7) is 6.28. The first kappa shape index (κ1) is 33.7. The van der Waals surface area contributed by atoms with Crippen LogP contribution in [0.4, 0.5) is 4.39 Å². The van der Waals surface area contributed by atoms with Crippen molar-refractivity contribution in [2.75, 3.05) is 20.2 Å². The Morgan fingerprint density at radius 3 is 2.38 bits per heavy atom. The van der Waals surface area contributed by atoms with Crippen LogP contribution in [0.15, 0.2) is 40.2 Å². The maximum atomic E-state index is 13.9.